The zero-order valence-corrected chi connectivity index (χ0v) is 14.1. The summed E-state index contributed by atoms with van der Waals surface area (Å²) in [4.78, 5) is 26.8. The van der Waals surface area contributed by atoms with E-state index in [0.717, 1.165) is 36.3 Å². The summed E-state index contributed by atoms with van der Waals surface area (Å²) in [6, 6.07) is 0. The molecule has 0 atom stereocenters. The van der Waals surface area contributed by atoms with Gasteiger partial charge < -0.3 is 14.9 Å². The molecular weight excluding hydrogens is 308 g/mol. The first kappa shape index (κ1) is 16.7. The molecule has 0 radical (unpaired) electrons. The second kappa shape index (κ2) is 6.76. The van der Waals surface area contributed by atoms with Crippen LogP contribution < -0.4 is 0 Å². The summed E-state index contributed by atoms with van der Waals surface area (Å²) in [7, 11) is 0. The van der Waals surface area contributed by atoms with E-state index in [1.54, 1.807) is 11.8 Å². The number of fused-ring (bicyclic) bond motifs is 1. The smallest absolute Gasteiger partial charge is 0.248 e. The molecule has 7 nitrogen and oxygen atoms in total. The van der Waals surface area contributed by atoms with Gasteiger partial charge in [0, 0.05) is 37.4 Å². The number of piperazine rings is 1. The number of aromatic nitrogens is 2. The minimum absolute atomic E-state index is 0.0977. The maximum Gasteiger partial charge on any atom is 0.248 e. The molecule has 1 aromatic rings. The summed E-state index contributed by atoms with van der Waals surface area (Å²) in [5.41, 5.74) is 4.14. The Morgan fingerprint density at radius 1 is 1.17 bits per heavy atom. The van der Waals surface area contributed by atoms with Crippen molar-refractivity contribution >= 4 is 17.4 Å². The molecule has 0 spiro atoms. The number of nitrogens with zero attached hydrogens (tertiary/aromatic N) is 4. The molecule has 130 valence electrons. The molecule has 0 unspecified atom stereocenters. The summed E-state index contributed by atoms with van der Waals surface area (Å²) in [6.07, 6.45) is 3.02. The zero-order chi connectivity index (χ0) is 17.3. The average Bonchev–Trinajstić information content (AvgIpc) is 3.17. The molecule has 1 aromatic heterocycles. The Morgan fingerprint density at radius 2 is 1.83 bits per heavy atom. The molecule has 0 saturated carbocycles. The summed E-state index contributed by atoms with van der Waals surface area (Å²) >= 11 is 0. The van der Waals surface area contributed by atoms with Gasteiger partial charge in [-0.05, 0) is 26.2 Å². The highest BCUT2D eigenvalue weighted by molar-refractivity contribution is 5.77. The number of rotatable bonds is 5. The van der Waals surface area contributed by atoms with Crippen LogP contribution in [0, 0.1) is 0 Å². The van der Waals surface area contributed by atoms with Gasteiger partial charge in [0.05, 0.1) is 12.2 Å². The van der Waals surface area contributed by atoms with Crippen molar-refractivity contribution < 1.29 is 14.7 Å². The Hall–Kier alpha value is -2.15. The third-order valence-corrected chi connectivity index (χ3v) is 4.80. The SMILES string of the molecule is C=C(c1nn(CC(C)=O)c2c1CCC2)N1CCN(C(=O)CO)CC1. The fourth-order valence-corrected chi connectivity index (χ4v) is 3.56. The van der Waals surface area contributed by atoms with E-state index >= 15 is 0 Å². The number of hydrogen-bond acceptors (Lipinski definition) is 5. The number of hydrogen-bond donors (Lipinski definition) is 1. The lowest BCUT2D eigenvalue weighted by molar-refractivity contribution is -0.135. The molecule has 0 aromatic carbocycles. The molecule has 1 aliphatic carbocycles. The third kappa shape index (κ3) is 3.08. The lowest BCUT2D eigenvalue weighted by atomic mass is 10.1. The number of Topliss-reactive ketones (excluding diaryl/α,β-unsaturated/α-hetero) is 1. The Labute approximate surface area is 141 Å². The van der Waals surface area contributed by atoms with Crippen molar-refractivity contribution in [3.8, 4) is 0 Å². The van der Waals surface area contributed by atoms with Crippen LogP contribution in [0.2, 0.25) is 0 Å². The van der Waals surface area contributed by atoms with Crippen LogP contribution >= 0.6 is 0 Å². The average molecular weight is 332 g/mol. The number of carbonyl (C=O) groups excluding carboxylic acids is 2. The lowest BCUT2D eigenvalue weighted by Crippen LogP contribution is -2.48. The van der Waals surface area contributed by atoms with Crippen LogP contribution in [0.4, 0.5) is 0 Å². The van der Waals surface area contributed by atoms with Crippen molar-refractivity contribution in [2.45, 2.75) is 32.7 Å². The largest absolute Gasteiger partial charge is 0.387 e. The van der Waals surface area contributed by atoms with Gasteiger partial charge in [-0.1, -0.05) is 6.58 Å². The van der Waals surface area contributed by atoms with E-state index in [9.17, 15) is 9.59 Å². The van der Waals surface area contributed by atoms with Gasteiger partial charge in [0.2, 0.25) is 5.91 Å². The maximum atomic E-state index is 11.6. The second-order valence-electron chi connectivity index (χ2n) is 6.46. The maximum absolute atomic E-state index is 11.6. The topological polar surface area (TPSA) is 78.7 Å². The number of aliphatic hydroxyl groups excluding tert-OH is 1. The van der Waals surface area contributed by atoms with Gasteiger partial charge >= 0.3 is 0 Å². The molecule has 0 bridgehead atoms. The number of amides is 1. The molecule has 1 aliphatic heterocycles. The fraction of sp³-hybridized carbons (Fsp3) is 0.588. The van der Waals surface area contributed by atoms with Gasteiger partial charge in [-0.15, -0.1) is 0 Å². The highest BCUT2D eigenvalue weighted by Crippen LogP contribution is 2.30. The minimum Gasteiger partial charge on any atom is -0.387 e. The van der Waals surface area contributed by atoms with Gasteiger partial charge in [0.15, 0.2) is 5.78 Å². The van der Waals surface area contributed by atoms with Crippen LogP contribution in [0.5, 0.6) is 0 Å². The normalized spacial score (nSPS) is 17.1. The Morgan fingerprint density at radius 3 is 2.46 bits per heavy atom. The molecule has 2 heterocycles. The zero-order valence-electron chi connectivity index (χ0n) is 14.1. The van der Waals surface area contributed by atoms with E-state index in [-0.39, 0.29) is 11.7 Å². The van der Waals surface area contributed by atoms with Crippen molar-refractivity contribution in [3.63, 3.8) is 0 Å². The first-order valence-corrected chi connectivity index (χ1v) is 8.42. The first-order valence-electron chi connectivity index (χ1n) is 8.42. The Bertz CT molecular complexity index is 672. The summed E-state index contributed by atoms with van der Waals surface area (Å²) in [5.74, 6) is -0.132. The first-order chi connectivity index (χ1) is 11.5. The highest BCUT2D eigenvalue weighted by Gasteiger charge is 2.28. The Balaban J connectivity index is 1.74. The van der Waals surface area contributed by atoms with Gasteiger partial charge in [0.1, 0.15) is 12.3 Å². The molecule has 1 saturated heterocycles. The predicted octanol–water partition coefficient (Wildman–Crippen LogP) is 0.0680. The van der Waals surface area contributed by atoms with Gasteiger partial charge in [0.25, 0.3) is 0 Å². The molecule has 1 amide bonds. The van der Waals surface area contributed by atoms with E-state index in [1.165, 1.54) is 5.56 Å². The predicted molar refractivity (Wildman–Crippen MR) is 89.2 cm³/mol. The van der Waals surface area contributed by atoms with E-state index in [2.05, 4.69) is 16.6 Å². The van der Waals surface area contributed by atoms with Crippen LogP contribution in [0.25, 0.3) is 5.70 Å². The molecule has 3 rings (SSSR count). The van der Waals surface area contributed by atoms with Crippen molar-refractivity contribution in [2.24, 2.45) is 0 Å². The van der Waals surface area contributed by atoms with Crippen LogP contribution in [0.3, 0.4) is 0 Å². The minimum atomic E-state index is -0.441. The van der Waals surface area contributed by atoms with Gasteiger partial charge in [-0.25, -0.2) is 0 Å². The second-order valence-corrected chi connectivity index (χ2v) is 6.46. The van der Waals surface area contributed by atoms with E-state index < -0.39 is 6.61 Å². The van der Waals surface area contributed by atoms with Crippen LogP contribution in [-0.2, 0) is 29.0 Å². The van der Waals surface area contributed by atoms with Crippen LogP contribution in [-0.4, -0.2) is 69.2 Å². The number of ketones is 1. The standard InChI is InChI=1S/C17H24N4O3/c1-12(23)10-21-15-5-3-4-14(15)17(18-21)13(2)19-6-8-20(9-7-19)16(24)11-22/h22H,2-11H2,1H3. The molecule has 24 heavy (non-hydrogen) atoms. The molecule has 1 fully saturated rings. The highest BCUT2D eigenvalue weighted by atomic mass is 16.3. The summed E-state index contributed by atoms with van der Waals surface area (Å²) < 4.78 is 1.83. The molecule has 7 heteroatoms. The van der Waals surface area contributed by atoms with E-state index in [1.807, 2.05) is 4.68 Å². The number of aliphatic hydroxyl groups is 1. The van der Waals surface area contributed by atoms with Crippen LogP contribution in [0.1, 0.15) is 30.3 Å². The van der Waals surface area contributed by atoms with Crippen molar-refractivity contribution in [1.82, 2.24) is 19.6 Å². The van der Waals surface area contributed by atoms with Crippen LogP contribution in [0.15, 0.2) is 6.58 Å². The fourth-order valence-electron chi connectivity index (χ4n) is 3.56. The van der Waals surface area contributed by atoms with Gasteiger partial charge in [-0.2, -0.15) is 5.10 Å². The lowest BCUT2D eigenvalue weighted by Gasteiger charge is -2.36. The quantitative estimate of drug-likeness (QED) is 0.825. The summed E-state index contributed by atoms with van der Waals surface area (Å²) in [6.45, 7) is 8.19. The number of carbonyl (C=O) groups is 2. The van der Waals surface area contributed by atoms with Crippen molar-refractivity contribution in [1.29, 1.82) is 0 Å². The molecule has 1 N–H and O–H groups in total. The van der Waals surface area contributed by atoms with E-state index in [0.29, 0.717) is 32.7 Å². The summed E-state index contributed by atoms with van der Waals surface area (Å²) in [5, 5.41) is 13.6. The van der Waals surface area contributed by atoms with Gasteiger partial charge in [-0.3, -0.25) is 14.3 Å². The Kier molecular flexibility index (Phi) is 4.71. The molecular formula is C17H24N4O3. The monoisotopic (exact) mass is 332 g/mol. The van der Waals surface area contributed by atoms with Crippen molar-refractivity contribution in [3.05, 3.63) is 23.5 Å². The van der Waals surface area contributed by atoms with E-state index in [4.69, 9.17) is 5.11 Å². The molecule has 2 aliphatic rings. The third-order valence-electron chi connectivity index (χ3n) is 4.80. The van der Waals surface area contributed by atoms with Crippen molar-refractivity contribution in [2.75, 3.05) is 32.8 Å².